The molecule has 1 amide bonds. The molecule has 0 aliphatic carbocycles. The van der Waals surface area contributed by atoms with Crippen molar-refractivity contribution in [3.05, 3.63) is 0 Å². The molecule has 0 aromatic heterocycles. The number of rotatable bonds is 7. The minimum absolute atomic E-state index is 0.211. The van der Waals surface area contributed by atoms with Gasteiger partial charge in [0.05, 0.1) is 6.61 Å². The normalized spacial score (nSPS) is 15.9. The molecule has 0 bridgehead atoms. The highest BCUT2D eigenvalue weighted by atomic mass is 32.2. The largest absolute Gasteiger partial charge is 0.395 e. The Labute approximate surface area is 122 Å². The van der Waals surface area contributed by atoms with E-state index in [1.807, 2.05) is 30.5 Å². The molecule has 1 aliphatic heterocycles. The molecule has 1 rings (SSSR count). The molecule has 0 radical (unpaired) electrons. The third kappa shape index (κ3) is 8.50. The van der Waals surface area contributed by atoms with Gasteiger partial charge in [0.25, 0.3) is 0 Å². The van der Waals surface area contributed by atoms with E-state index < -0.39 is 0 Å². The Morgan fingerprint density at radius 3 is 2.37 bits per heavy atom. The van der Waals surface area contributed by atoms with Crippen LogP contribution in [0.15, 0.2) is 0 Å². The molecule has 0 spiro atoms. The number of aliphatic hydroxyl groups is 1. The standard InChI is InChI=1S/C12H24N2O2S.C2H6/c1-2-17-11-3-4-12(16)14-7-5-13(6-8-14)9-10-15;1-2/h15H,2-11H2,1H3;1-2H3. The Hall–Kier alpha value is -0.260. The minimum atomic E-state index is 0.211. The lowest BCUT2D eigenvalue weighted by atomic mass is 10.2. The number of nitrogens with zero attached hydrogens (tertiary/aromatic N) is 2. The van der Waals surface area contributed by atoms with Crippen molar-refractivity contribution in [1.82, 2.24) is 9.80 Å². The van der Waals surface area contributed by atoms with E-state index in [-0.39, 0.29) is 6.61 Å². The van der Waals surface area contributed by atoms with Crippen LogP contribution in [0.2, 0.25) is 0 Å². The van der Waals surface area contributed by atoms with Crippen LogP contribution in [-0.2, 0) is 4.79 Å². The van der Waals surface area contributed by atoms with Gasteiger partial charge in [0, 0.05) is 39.1 Å². The van der Waals surface area contributed by atoms with Crippen molar-refractivity contribution in [2.24, 2.45) is 0 Å². The molecular weight excluding hydrogens is 260 g/mol. The van der Waals surface area contributed by atoms with Crippen LogP contribution in [0.3, 0.4) is 0 Å². The number of β-amino-alcohol motifs (C(OH)–C–C–N with tert-alkyl or cyclic N) is 1. The molecule has 1 heterocycles. The number of thioether (sulfide) groups is 1. The Balaban J connectivity index is 0.00000154. The summed E-state index contributed by atoms with van der Waals surface area (Å²) < 4.78 is 0. The maximum absolute atomic E-state index is 11.9. The average Bonchev–Trinajstić information content (AvgIpc) is 2.47. The lowest BCUT2D eigenvalue weighted by molar-refractivity contribution is -0.133. The second-order valence-electron chi connectivity index (χ2n) is 4.25. The van der Waals surface area contributed by atoms with Crippen molar-refractivity contribution in [2.75, 3.05) is 50.8 Å². The van der Waals surface area contributed by atoms with Gasteiger partial charge in [-0.25, -0.2) is 0 Å². The molecule has 1 aliphatic rings. The van der Waals surface area contributed by atoms with Gasteiger partial charge in [-0.05, 0) is 17.9 Å². The quantitative estimate of drug-likeness (QED) is 0.725. The van der Waals surface area contributed by atoms with Crippen LogP contribution in [0.5, 0.6) is 0 Å². The third-order valence-corrected chi connectivity index (χ3v) is 4.01. The number of carbonyl (C=O) groups is 1. The van der Waals surface area contributed by atoms with Crippen LogP contribution >= 0.6 is 11.8 Å². The first-order valence-corrected chi connectivity index (χ1v) is 8.62. The van der Waals surface area contributed by atoms with Gasteiger partial charge in [0.15, 0.2) is 0 Å². The second kappa shape index (κ2) is 12.8. The Morgan fingerprint density at radius 1 is 1.21 bits per heavy atom. The van der Waals surface area contributed by atoms with Gasteiger partial charge >= 0.3 is 0 Å². The Morgan fingerprint density at radius 2 is 1.84 bits per heavy atom. The molecule has 114 valence electrons. The molecule has 0 unspecified atom stereocenters. The number of aliphatic hydroxyl groups excluding tert-OH is 1. The topological polar surface area (TPSA) is 43.8 Å². The number of hydrogen-bond donors (Lipinski definition) is 1. The van der Waals surface area contributed by atoms with Gasteiger partial charge in [0.1, 0.15) is 0 Å². The molecule has 4 nitrogen and oxygen atoms in total. The summed E-state index contributed by atoms with van der Waals surface area (Å²) in [5.74, 6) is 2.52. The van der Waals surface area contributed by atoms with E-state index in [0.717, 1.165) is 50.7 Å². The lowest BCUT2D eigenvalue weighted by Crippen LogP contribution is -2.49. The fourth-order valence-corrected chi connectivity index (χ4v) is 2.63. The highest BCUT2D eigenvalue weighted by Crippen LogP contribution is 2.08. The first-order chi connectivity index (χ1) is 9.27. The molecular formula is C14H30N2O2S. The van der Waals surface area contributed by atoms with Gasteiger partial charge in [-0.3, -0.25) is 9.69 Å². The molecule has 19 heavy (non-hydrogen) atoms. The average molecular weight is 290 g/mol. The van der Waals surface area contributed by atoms with E-state index in [4.69, 9.17) is 5.11 Å². The van der Waals surface area contributed by atoms with Gasteiger partial charge in [0.2, 0.25) is 5.91 Å². The first-order valence-electron chi connectivity index (χ1n) is 7.46. The molecule has 1 saturated heterocycles. The first kappa shape index (κ1) is 18.7. The van der Waals surface area contributed by atoms with Crippen molar-refractivity contribution in [3.8, 4) is 0 Å². The number of carbonyl (C=O) groups excluding carboxylic acids is 1. The summed E-state index contributed by atoms with van der Waals surface area (Å²) in [5.41, 5.74) is 0. The van der Waals surface area contributed by atoms with Gasteiger partial charge in [-0.1, -0.05) is 20.8 Å². The third-order valence-electron chi connectivity index (χ3n) is 3.02. The monoisotopic (exact) mass is 290 g/mol. The van der Waals surface area contributed by atoms with Crippen molar-refractivity contribution in [2.45, 2.75) is 33.6 Å². The zero-order valence-electron chi connectivity index (χ0n) is 12.7. The van der Waals surface area contributed by atoms with Crippen LogP contribution in [0, 0.1) is 0 Å². The molecule has 1 N–H and O–H groups in total. The van der Waals surface area contributed by atoms with Crippen LogP contribution in [-0.4, -0.2) is 71.6 Å². The zero-order valence-corrected chi connectivity index (χ0v) is 13.5. The Kier molecular flexibility index (Phi) is 12.6. The van der Waals surface area contributed by atoms with E-state index in [9.17, 15) is 4.79 Å². The highest BCUT2D eigenvalue weighted by molar-refractivity contribution is 7.99. The molecule has 0 aromatic carbocycles. The smallest absolute Gasteiger partial charge is 0.222 e. The second-order valence-corrected chi connectivity index (χ2v) is 5.64. The highest BCUT2D eigenvalue weighted by Gasteiger charge is 2.19. The van der Waals surface area contributed by atoms with Crippen LogP contribution < -0.4 is 0 Å². The lowest BCUT2D eigenvalue weighted by Gasteiger charge is -2.34. The maximum atomic E-state index is 11.9. The Bertz CT molecular complexity index is 219. The number of piperazine rings is 1. The van der Waals surface area contributed by atoms with Gasteiger partial charge < -0.3 is 10.0 Å². The van der Waals surface area contributed by atoms with Crippen molar-refractivity contribution < 1.29 is 9.90 Å². The van der Waals surface area contributed by atoms with E-state index in [1.165, 1.54) is 0 Å². The SMILES string of the molecule is CC.CCSCCCC(=O)N1CCN(CCO)CC1. The number of amides is 1. The summed E-state index contributed by atoms with van der Waals surface area (Å²) in [6, 6.07) is 0. The minimum Gasteiger partial charge on any atom is -0.395 e. The van der Waals surface area contributed by atoms with Crippen molar-refractivity contribution in [3.63, 3.8) is 0 Å². The summed E-state index contributed by atoms with van der Waals surface area (Å²) in [6.45, 7) is 10.5. The summed E-state index contributed by atoms with van der Waals surface area (Å²) in [5, 5.41) is 8.84. The van der Waals surface area contributed by atoms with Gasteiger partial charge in [-0.2, -0.15) is 11.8 Å². The van der Waals surface area contributed by atoms with Crippen molar-refractivity contribution >= 4 is 17.7 Å². The van der Waals surface area contributed by atoms with E-state index in [1.54, 1.807) is 0 Å². The molecule has 0 saturated carbocycles. The predicted octanol–water partition coefficient (Wildman–Crippen LogP) is 1.68. The zero-order chi connectivity index (χ0) is 14.5. The maximum Gasteiger partial charge on any atom is 0.222 e. The van der Waals surface area contributed by atoms with E-state index in [2.05, 4.69) is 11.8 Å². The fraction of sp³-hybridized carbons (Fsp3) is 0.929. The molecule has 5 heteroatoms. The van der Waals surface area contributed by atoms with E-state index in [0.29, 0.717) is 12.3 Å². The van der Waals surface area contributed by atoms with Crippen LogP contribution in [0.25, 0.3) is 0 Å². The molecule has 1 fully saturated rings. The summed E-state index contributed by atoms with van der Waals surface area (Å²) >= 11 is 1.90. The summed E-state index contributed by atoms with van der Waals surface area (Å²) in [4.78, 5) is 16.0. The van der Waals surface area contributed by atoms with E-state index >= 15 is 0 Å². The van der Waals surface area contributed by atoms with Crippen molar-refractivity contribution in [1.29, 1.82) is 0 Å². The van der Waals surface area contributed by atoms with Gasteiger partial charge in [-0.15, -0.1) is 0 Å². The summed E-state index contributed by atoms with van der Waals surface area (Å²) in [6.07, 6.45) is 1.68. The number of hydrogen-bond acceptors (Lipinski definition) is 4. The van der Waals surface area contributed by atoms with Crippen LogP contribution in [0.1, 0.15) is 33.6 Å². The summed E-state index contributed by atoms with van der Waals surface area (Å²) in [7, 11) is 0. The fourth-order valence-electron chi connectivity index (χ4n) is 1.99. The van der Waals surface area contributed by atoms with Crippen LogP contribution in [0.4, 0.5) is 0 Å². The predicted molar refractivity (Wildman–Crippen MR) is 83.7 cm³/mol. The molecule has 0 aromatic rings. The molecule has 0 atom stereocenters.